The highest BCUT2D eigenvalue weighted by Gasteiger charge is 2.07. The second-order valence-corrected chi connectivity index (χ2v) is 5.13. The van der Waals surface area contributed by atoms with E-state index in [-0.39, 0.29) is 0 Å². The molecule has 16 heavy (non-hydrogen) atoms. The minimum Gasteiger partial charge on any atom is -0.257 e. The third kappa shape index (κ3) is 2.39. The van der Waals surface area contributed by atoms with Crippen LogP contribution in [0.1, 0.15) is 11.4 Å². The Morgan fingerprint density at radius 1 is 1.25 bits per heavy atom. The summed E-state index contributed by atoms with van der Waals surface area (Å²) in [7, 11) is -1.03. The van der Waals surface area contributed by atoms with Gasteiger partial charge in [-0.2, -0.15) is 5.10 Å². The fraction of sp³-hybridized carbons (Fsp3) is 0.250. The van der Waals surface area contributed by atoms with Crippen molar-refractivity contribution in [1.29, 1.82) is 0 Å². The van der Waals surface area contributed by atoms with Crippen LogP contribution >= 0.6 is 0 Å². The lowest BCUT2D eigenvalue weighted by Gasteiger charge is -2.04. The topological polar surface area (TPSA) is 34.9 Å². The van der Waals surface area contributed by atoms with Crippen molar-refractivity contribution in [1.82, 2.24) is 9.78 Å². The highest BCUT2D eigenvalue weighted by Crippen LogP contribution is 2.09. The lowest BCUT2D eigenvalue weighted by atomic mass is 10.4. The molecule has 3 nitrogen and oxygen atoms in total. The molecule has 0 amide bonds. The molecule has 84 valence electrons. The molecule has 0 N–H and O–H groups in total. The van der Waals surface area contributed by atoms with Crippen LogP contribution in [0.25, 0.3) is 0 Å². The summed E-state index contributed by atoms with van der Waals surface area (Å²) in [6.45, 7) is 3.91. The molecular formula is C12H14N2OS. The van der Waals surface area contributed by atoms with Gasteiger partial charge in [-0.05, 0) is 32.0 Å². The van der Waals surface area contributed by atoms with Gasteiger partial charge in [0.15, 0.2) is 0 Å². The maximum Gasteiger partial charge on any atom is 0.121 e. The van der Waals surface area contributed by atoms with Gasteiger partial charge in [-0.25, -0.2) is 0 Å². The van der Waals surface area contributed by atoms with Crippen molar-refractivity contribution in [2.24, 2.45) is 0 Å². The van der Waals surface area contributed by atoms with E-state index < -0.39 is 10.8 Å². The average Bonchev–Trinajstić information content (AvgIpc) is 2.59. The van der Waals surface area contributed by atoms with Gasteiger partial charge < -0.3 is 0 Å². The first-order valence-electron chi connectivity index (χ1n) is 5.11. The second kappa shape index (κ2) is 4.61. The van der Waals surface area contributed by atoms with Crippen LogP contribution in [0.4, 0.5) is 0 Å². The number of aromatic nitrogens is 2. The summed E-state index contributed by atoms with van der Waals surface area (Å²) in [5.74, 6) is 0.420. The van der Waals surface area contributed by atoms with Crippen LogP contribution in [0.5, 0.6) is 0 Å². The molecule has 4 heteroatoms. The summed E-state index contributed by atoms with van der Waals surface area (Å²) in [6, 6.07) is 11.5. The molecule has 1 heterocycles. The second-order valence-electron chi connectivity index (χ2n) is 3.71. The monoisotopic (exact) mass is 234 g/mol. The van der Waals surface area contributed by atoms with E-state index in [1.165, 1.54) is 0 Å². The van der Waals surface area contributed by atoms with Crippen LogP contribution in [0.2, 0.25) is 0 Å². The Bertz CT molecular complexity index is 505. The van der Waals surface area contributed by atoms with Gasteiger partial charge in [-0.1, -0.05) is 18.2 Å². The van der Waals surface area contributed by atoms with Crippen LogP contribution in [-0.4, -0.2) is 14.0 Å². The van der Waals surface area contributed by atoms with E-state index in [0.29, 0.717) is 5.88 Å². The average molecular weight is 234 g/mol. The zero-order valence-corrected chi connectivity index (χ0v) is 10.2. The Balaban J connectivity index is 2.17. The van der Waals surface area contributed by atoms with Crippen molar-refractivity contribution in [3.63, 3.8) is 0 Å². The van der Waals surface area contributed by atoms with Crippen molar-refractivity contribution in [3.8, 4) is 0 Å². The lowest BCUT2D eigenvalue weighted by Crippen LogP contribution is -2.08. The molecule has 0 aliphatic heterocycles. The smallest absolute Gasteiger partial charge is 0.121 e. The Hall–Kier alpha value is -1.42. The van der Waals surface area contributed by atoms with E-state index in [9.17, 15) is 4.21 Å². The van der Waals surface area contributed by atoms with Crippen molar-refractivity contribution in [2.45, 2.75) is 24.6 Å². The molecule has 1 aromatic heterocycles. The number of rotatable bonds is 3. The number of hydrogen-bond donors (Lipinski definition) is 0. The minimum atomic E-state index is -1.03. The minimum absolute atomic E-state index is 0.420. The zero-order valence-electron chi connectivity index (χ0n) is 9.38. The van der Waals surface area contributed by atoms with Crippen molar-refractivity contribution in [3.05, 3.63) is 47.8 Å². The summed E-state index contributed by atoms with van der Waals surface area (Å²) in [5.41, 5.74) is 2.00. The fourth-order valence-electron chi connectivity index (χ4n) is 1.56. The predicted molar refractivity (Wildman–Crippen MR) is 64.6 cm³/mol. The molecule has 0 fully saturated rings. The SMILES string of the molecule is Cc1cc(C)n(CS(=O)c2ccccc2)n1. The first kappa shape index (κ1) is 11.1. The van der Waals surface area contributed by atoms with Crippen molar-refractivity contribution in [2.75, 3.05) is 0 Å². The standard InChI is InChI=1S/C12H14N2OS/c1-10-8-11(2)14(13-10)9-16(15)12-6-4-3-5-7-12/h3-8H,9H2,1-2H3. The van der Waals surface area contributed by atoms with Crippen LogP contribution in [0.15, 0.2) is 41.3 Å². The molecule has 1 unspecified atom stereocenters. The molecule has 1 aromatic carbocycles. The van der Waals surface area contributed by atoms with Gasteiger partial charge in [0, 0.05) is 10.6 Å². The van der Waals surface area contributed by atoms with E-state index in [1.807, 2.05) is 50.2 Å². The fourth-order valence-corrected chi connectivity index (χ4v) is 2.66. The van der Waals surface area contributed by atoms with Crippen LogP contribution in [0, 0.1) is 13.8 Å². The number of benzene rings is 1. The van der Waals surface area contributed by atoms with E-state index in [2.05, 4.69) is 5.10 Å². The van der Waals surface area contributed by atoms with E-state index in [0.717, 1.165) is 16.3 Å². The summed E-state index contributed by atoms with van der Waals surface area (Å²) in [4.78, 5) is 0.843. The molecule has 0 aliphatic carbocycles. The summed E-state index contributed by atoms with van der Waals surface area (Å²) in [6.07, 6.45) is 0. The van der Waals surface area contributed by atoms with E-state index in [4.69, 9.17) is 0 Å². The van der Waals surface area contributed by atoms with Gasteiger partial charge in [0.25, 0.3) is 0 Å². The maximum atomic E-state index is 12.0. The molecule has 0 saturated carbocycles. The van der Waals surface area contributed by atoms with Crippen molar-refractivity contribution < 1.29 is 4.21 Å². The molecule has 0 aliphatic rings. The Kier molecular flexibility index (Phi) is 3.19. The third-order valence-corrected chi connectivity index (χ3v) is 3.63. The summed E-state index contributed by atoms with van der Waals surface area (Å²) < 4.78 is 13.8. The highest BCUT2D eigenvalue weighted by atomic mass is 32.2. The number of nitrogens with zero attached hydrogens (tertiary/aromatic N) is 2. The Morgan fingerprint density at radius 2 is 1.94 bits per heavy atom. The normalized spacial score (nSPS) is 12.6. The van der Waals surface area contributed by atoms with Crippen LogP contribution in [0.3, 0.4) is 0 Å². The van der Waals surface area contributed by atoms with Crippen LogP contribution in [-0.2, 0) is 16.7 Å². The summed E-state index contributed by atoms with van der Waals surface area (Å²) in [5, 5.41) is 4.30. The molecule has 0 radical (unpaired) electrons. The third-order valence-electron chi connectivity index (χ3n) is 2.35. The highest BCUT2D eigenvalue weighted by molar-refractivity contribution is 7.84. The van der Waals surface area contributed by atoms with E-state index >= 15 is 0 Å². The first-order chi connectivity index (χ1) is 7.66. The maximum absolute atomic E-state index is 12.0. The zero-order chi connectivity index (χ0) is 11.5. The van der Waals surface area contributed by atoms with Gasteiger partial charge >= 0.3 is 0 Å². The summed E-state index contributed by atoms with van der Waals surface area (Å²) >= 11 is 0. The quantitative estimate of drug-likeness (QED) is 0.816. The lowest BCUT2D eigenvalue weighted by molar-refractivity contribution is 0.650. The molecule has 2 aromatic rings. The molecule has 0 spiro atoms. The largest absolute Gasteiger partial charge is 0.257 e. The number of aryl methyl sites for hydroxylation is 2. The number of hydrogen-bond acceptors (Lipinski definition) is 2. The van der Waals surface area contributed by atoms with E-state index in [1.54, 1.807) is 4.68 Å². The van der Waals surface area contributed by atoms with Gasteiger partial charge in [0.05, 0.1) is 16.5 Å². The van der Waals surface area contributed by atoms with Gasteiger partial charge in [-0.3, -0.25) is 8.89 Å². The van der Waals surface area contributed by atoms with Crippen molar-refractivity contribution >= 4 is 10.8 Å². The Morgan fingerprint density at radius 3 is 2.50 bits per heavy atom. The molecule has 0 saturated heterocycles. The molecule has 0 bridgehead atoms. The molecule has 1 atom stereocenters. The molecular weight excluding hydrogens is 220 g/mol. The molecule has 2 rings (SSSR count). The predicted octanol–water partition coefficient (Wildman–Crippen LogP) is 2.27. The van der Waals surface area contributed by atoms with Gasteiger partial charge in [0.1, 0.15) is 5.88 Å². The van der Waals surface area contributed by atoms with Gasteiger partial charge in [-0.15, -0.1) is 0 Å². The first-order valence-corrected chi connectivity index (χ1v) is 6.43. The van der Waals surface area contributed by atoms with Crippen LogP contribution < -0.4 is 0 Å². The Labute approximate surface area is 97.6 Å². The van der Waals surface area contributed by atoms with Gasteiger partial charge in [0.2, 0.25) is 0 Å².